The van der Waals surface area contributed by atoms with E-state index < -0.39 is 6.10 Å². The van der Waals surface area contributed by atoms with Gasteiger partial charge in [-0.3, -0.25) is 0 Å². The fraction of sp³-hybridized carbons (Fsp3) is 0.400. The zero-order chi connectivity index (χ0) is 9.68. The van der Waals surface area contributed by atoms with Crippen LogP contribution in [0, 0.1) is 0 Å². The number of nitrogens with one attached hydrogen (secondary N) is 1. The summed E-state index contributed by atoms with van der Waals surface area (Å²) in [5.74, 6) is 0. The first kappa shape index (κ1) is 10.2. The van der Waals surface area contributed by atoms with E-state index in [1.165, 1.54) is 0 Å². The molecule has 0 spiro atoms. The van der Waals surface area contributed by atoms with Gasteiger partial charge in [-0.15, -0.1) is 0 Å². The van der Waals surface area contributed by atoms with Crippen LogP contribution in [0.4, 0.5) is 0 Å². The van der Waals surface area contributed by atoms with Gasteiger partial charge in [0.05, 0.1) is 18.8 Å². The molecule has 72 valence electrons. The van der Waals surface area contributed by atoms with Crippen molar-refractivity contribution in [2.24, 2.45) is 0 Å². The van der Waals surface area contributed by atoms with Gasteiger partial charge in [-0.2, -0.15) is 0 Å². The van der Waals surface area contributed by atoms with Crippen LogP contribution in [0.2, 0.25) is 0 Å². The highest BCUT2D eigenvalue weighted by molar-refractivity contribution is 5.19. The van der Waals surface area contributed by atoms with E-state index in [-0.39, 0.29) is 12.6 Å². The molecular weight excluding hydrogens is 166 g/mol. The van der Waals surface area contributed by atoms with Crippen LogP contribution in [0.3, 0.4) is 0 Å². The van der Waals surface area contributed by atoms with Crippen LogP contribution >= 0.6 is 0 Å². The van der Waals surface area contributed by atoms with E-state index >= 15 is 0 Å². The lowest BCUT2D eigenvalue weighted by Gasteiger charge is -2.20. The molecule has 2 atom stereocenters. The lowest BCUT2D eigenvalue weighted by molar-refractivity contribution is 0.0649. The third-order valence-corrected chi connectivity index (χ3v) is 2.04. The van der Waals surface area contributed by atoms with E-state index in [4.69, 9.17) is 5.11 Å². The second-order valence-electron chi connectivity index (χ2n) is 2.93. The summed E-state index contributed by atoms with van der Waals surface area (Å²) in [6.45, 7) is -0.236. The van der Waals surface area contributed by atoms with Gasteiger partial charge in [-0.1, -0.05) is 30.3 Å². The molecule has 0 saturated carbocycles. The Morgan fingerprint density at radius 1 is 1.31 bits per heavy atom. The first-order valence-corrected chi connectivity index (χ1v) is 4.30. The minimum absolute atomic E-state index is 0.203. The Morgan fingerprint density at radius 3 is 2.38 bits per heavy atom. The normalized spacial score (nSPS) is 15.3. The Balaban J connectivity index is 2.78. The zero-order valence-corrected chi connectivity index (χ0v) is 7.64. The van der Waals surface area contributed by atoms with Gasteiger partial charge in [0.25, 0.3) is 0 Å². The molecule has 3 heteroatoms. The highest BCUT2D eigenvalue weighted by atomic mass is 16.3. The molecule has 0 aromatic heterocycles. The van der Waals surface area contributed by atoms with Crippen LogP contribution in [0.15, 0.2) is 30.3 Å². The fourth-order valence-corrected chi connectivity index (χ4v) is 1.35. The molecule has 3 nitrogen and oxygen atoms in total. The summed E-state index contributed by atoms with van der Waals surface area (Å²) in [4.78, 5) is 0. The van der Waals surface area contributed by atoms with Crippen molar-refractivity contribution in [1.29, 1.82) is 0 Å². The van der Waals surface area contributed by atoms with E-state index in [1.807, 2.05) is 30.3 Å². The molecule has 0 aliphatic rings. The minimum atomic E-state index is -0.757. The SMILES string of the molecule is CN[C@H](c1ccccc1)[C@@H](O)CO. The van der Waals surface area contributed by atoms with Crippen LogP contribution < -0.4 is 5.32 Å². The van der Waals surface area contributed by atoms with Crippen molar-refractivity contribution in [3.05, 3.63) is 35.9 Å². The number of aliphatic hydroxyl groups excluding tert-OH is 2. The molecule has 0 aliphatic heterocycles. The highest BCUT2D eigenvalue weighted by Crippen LogP contribution is 2.15. The van der Waals surface area contributed by atoms with Gasteiger partial charge in [-0.05, 0) is 12.6 Å². The third kappa shape index (κ3) is 2.52. The lowest BCUT2D eigenvalue weighted by atomic mass is 10.0. The molecule has 3 N–H and O–H groups in total. The van der Waals surface area contributed by atoms with Crippen molar-refractivity contribution in [2.45, 2.75) is 12.1 Å². The van der Waals surface area contributed by atoms with Crippen LogP contribution in [-0.4, -0.2) is 30.0 Å². The number of hydrogen-bond donors (Lipinski definition) is 3. The molecule has 0 fully saturated rings. The van der Waals surface area contributed by atoms with Crippen LogP contribution in [0.25, 0.3) is 0 Å². The smallest absolute Gasteiger partial charge is 0.0964 e. The third-order valence-electron chi connectivity index (χ3n) is 2.04. The molecule has 0 aliphatic carbocycles. The molecule has 0 heterocycles. The van der Waals surface area contributed by atoms with Gasteiger partial charge in [0, 0.05) is 0 Å². The van der Waals surface area contributed by atoms with Crippen LogP contribution in [0.5, 0.6) is 0 Å². The maximum Gasteiger partial charge on any atom is 0.0964 e. The monoisotopic (exact) mass is 181 g/mol. The summed E-state index contributed by atoms with van der Waals surface area (Å²) in [6.07, 6.45) is -0.757. The van der Waals surface area contributed by atoms with Gasteiger partial charge < -0.3 is 15.5 Å². The summed E-state index contributed by atoms with van der Waals surface area (Å²) < 4.78 is 0. The summed E-state index contributed by atoms with van der Waals surface area (Å²) in [6, 6.07) is 9.36. The Bertz CT molecular complexity index is 238. The summed E-state index contributed by atoms with van der Waals surface area (Å²) in [5.41, 5.74) is 0.978. The molecule has 0 saturated heterocycles. The van der Waals surface area contributed by atoms with Crippen molar-refractivity contribution in [3.63, 3.8) is 0 Å². The second-order valence-corrected chi connectivity index (χ2v) is 2.93. The second kappa shape index (κ2) is 4.97. The Morgan fingerprint density at radius 2 is 1.92 bits per heavy atom. The quantitative estimate of drug-likeness (QED) is 0.626. The van der Waals surface area contributed by atoms with E-state index in [1.54, 1.807) is 7.05 Å². The molecule has 1 aromatic rings. The predicted octanol–water partition coefficient (Wildman–Crippen LogP) is 0.300. The first-order valence-electron chi connectivity index (χ1n) is 4.30. The number of rotatable bonds is 4. The van der Waals surface area contributed by atoms with Crippen molar-refractivity contribution in [2.75, 3.05) is 13.7 Å². The van der Waals surface area contributed by atoms with E-state index in [9.17, 15) is 5.11 Å². The summed E-state index contributed by atoms with van der Waals surface area (Å²) in [7, 11) is 1.76. The van der Waals surface area contributed by atoms with Gasteiger partial charge in [0.15, 0.2) is 0 Å². The molecule has 0 amide bonds. The Hall–Kier alpha value is -0.900. The maximum absolute atomic E-state index is 9.46. The number of likely N-dealkylation sites (N-methyl/N-ethyl adjacent to an activating group) is 1. The number of hydrogen-bond acceptors (Lipinski definition) is 3. The van der Waals surface area contributed by atoms with Crippen molar-refractivity contribution in [3.8, 4) is 0 Å². The molecule has 1 rings (SSSR count). The molecule has 0 bridgehead atoms. The average Bonchev–Trinajstić information content (AvgIpc) is 2.20. The molecule has 0 radical (unpaired) electrons. The molecule has 13 heavy (non-hydrogen) atoms. The highest BCUT2D eigenvalue weighted by Gasteiger charge is 2.17. The van der Waals surface area contributed by atoms with Crippen LogP contribution in [0.1, 0.15) is 11.6 Å². The topological polar surface area (TPSA) is 52.5 Å². The molecule has 1 aromatic carbocycles. The number of aliphatic hydroxyl groups is 2. The zero-order valence-electron chi connectivity index (χ0n) is 7.64. The van der Waals surface area contributed by atoms with Gasteiger partial charge in [0.1, 0.15) is 0 Å². The molecular formula is C10H15NO2. The van der Waals surface area contributed by atoms with Gasteiger partial charge >= 0.3 is 0 Å². The van der Waals surface area contributed by atoms with Gasteiger partial charge in [-0.25, -0.2) is 0 Å². The summed E-state index contributed by atoms with van der Waals surface area (Å²) >= 11 is 0. The summed E-state index contributed by atoms with van der Waals surface area (Å²) in [5, 5.41) is 21.2. The van der Waals surface area contributed by atoms with E-state index in [0.29, 0.717) is 0 Å². The lowest BCUT2D eigenvalue weighted by Crippen LogP contribution is -2.31. The van der Waals surface area contributed by atoms with E-state index in [0.717, 1.165) is 5.56 Å². The fourth-order valence-electron chi connectivity index (χ4n) is 1.35. The number of benzene rings is 1. The molecule has 0 unspecified atom stereocenters. The van der Waals surface area contributed by atoms with Crippen molar-refractivity contribution in [1.82, 2.24) is 5.32 Å². The standard InChI is InChI=1S/C10H15NO2/c1-11-10(9(13)7-12)8-5-3-2-4-6-8/h2-6,9-13H,7H2,1H3/t9-,10+/m0/s1. The maximum atomic E-state index is 9.46. The predicted molar refractivity (Wildman–Crippen MR) is 51.3 cm³/mol. The Kier molecular flexibility index (Phi) is 3.89. The Labute approximate surface area is 78.0 Å². The largest absolute Gasteiger partial charge is 0.394 e. The van der Waals surface area contributed by atoms with E-state index in [2.05, 4.69) is 5.32 Å². The first-order chi connectivity index (χ1) is 6.29. The van der Waals surface area contributed by atoms with Crippen molar-refractivity contribution >= 4 is 0 Å². The van der Waals surface area contributed by atoms with Crippen molar-refractivity contribution < 1.29 is 10.2 Å². The van der Waals surface area contributed by atoms with Crippen LogP contribution in [-0.2, 0) is 0 Å². The minimum Gasteiger partial charge on any atom is -0.394 e. The average molecular weight is 181 g/mol. The van der Waals surface area contributed by atoms with Gasteiger partial charge in [0.2, 0.25) is 0 Å².